The number of carbonyl (C=O) groups excluding carboxylic acids is 1. The molecule has 1 heterocycles. The van der Waals surface area contributed by atoms with Crippen LogP contribution in [0.2, 0.25) is 0 Å². The molecule has 1 saturated carbocycles. The summed E-state index contributed by atoms with van der Waals surface area (Å²) in [5.74, 6) is 0.566. The molecule has 1 aliphatic rings. The molecule has 2 aromatic rings. The fourth-order valence-corrected chi connectivity index (χ4v) is 2.62. The number of pyridine rings is 1. The maximum absolute atomic E-state index is 12.3. The zero-order chi connectivity index (χ0) is 14.1. The number of fused-ring (bicyclic) bond motifs is 1. The van der Waals surface area contributed by atoms with Crippen LogP contribution in [0, 0.1) is 5.92 Å². The highest BCUT2D eigenvalue weighted by Crippen LogP contribution is 2.33. The van der Waals surface area contributed by atoms with E-state index < -0.39 is 0 Å². The van der Waals surface area contributed by atoms with Crippen LogP contribution in [0.4, 0.5) is 5.69 Å². The first-order valence-electron chi connectivity index (χ1n) is 7.11. The number of nitrogens with one attached hydrogen (secondary N) is 2. The molecule has 4 nitrogen and oxygen atoms in total. The SMILES string of the molecule is CCC1CC1NC(=O)c1cc(NC)c2ccccc2n1. The van der Waals surface area contributed by atoms with Crippen molar-refractivity contribution in [2.45, 2.75) is 25.8 Å². The Morgan fingerprint density at radius 1 is 1.40 bits per heavy atom. The second-order valence-electron chi connectivity index (χ2n) is 5.31. The van der Waals surface area contributed by atoms with E-state index in [4.69, 9.17) is 0 Å². The van der Waals surface area contributed by atoms with E-state index in [0.29, 0.717) is 17.7 Å². The molecule has 1 amide bonds. The van der Waals surface area contributed by atoms with Gasteiger partial charge in [-0.05, 0) is 24.5 Å². The van der Waals surface area contributed by atoms with Crippen molar-refractivity contribution in [1.82, 2.24) is 10.3 Å². The van der Waals surface area contributed by atoms with Crippen LogP contribution in [-0.2, 0) is 0 Å². The number of rotatable bonds is 4. The van der Waals surface area contributed by atoms with Crippen molar-refractivity contribution >= 4 is 22.5 Å². The Morgan fingerprint density at radius 3 is 2.90 bits per heavy atom. The van der Waals surface area contributed by atoms with E-state index >= 15 is 0 Å². The average Bonchev–Trinajstić information content (AvgIpc) is 3.24. The van der Waals surface area contributed by atoms with Gasteiger partial charge in [-0.3, -0.25) is 4.79 Å². The molecule has 0 spiro atoms. The molecule has 2 unspecified atom stereocenters. The standard InChI is InChI=1S/C16H19N3O/c1-3-10-8-13(10)19-16(20)15-9-14(17-2)11-6-4-5-7-12(11)18-15/h4-7,9-10,13H,3,8H2,1-2H3,(H,17,18)(H,19,20). The van der Waals surface area contributed by atoms with Gasteiger partial charge in [0.05, 0.1) is 5.52 Å². The van der Waals surface area contributed by atoms with E-state index in [1.165, 1.54) is 0 Å². The normalized spacial score (nSPS) is 20.7. The summed E-state index contributed by atoms with van der Waals surface area (Å²) in [7, 11) is 1.86. The molecule has 3 rings (SSSR count). The Morgan fingerprint density at radius 2 is 2.20 bits per heavy atom. The summed E-state index contributed by atoms with van der Waals surface area (Å²) in [5, 5.41) is 7.22. The minimum Gasteiger partial charge on any atom is -0.388 e. The lowest BCUT2D eigenvalue weighted by atomic mass is 10.1. The number of amides is 1. The van der Waals surface area contributed by atoms with Crippen molar-refractivity contribution in [3.05, 3.63) is 36.0 Å². The number of nitrogens with zero attached hydrogens (tertiary/aromatic N) is 1. The summed E-state index contributed by atoms with van der Waals surface area (Å²) in [5.41, 5.74) is 2.26. The predicted octanol–water partition coefficient (Wildman–Crippen LogP) is 2.80. The Hall–Kier alpha value is -2.10. The molecule has 0 saturated heterocycles. The molecule has 0 aliphatic heterocycles. The maximum Gasteiger partial charge on any atom is 0.270 e. The van der Waals surface area contributed by atoms with Gasteiger partial charge < -0.3 is 10.6 Å². The minimum absolute atomic E-state index is 0.0757. The highest BCUT2D eigenvalue weighted by Gasteiger charge is 2.36. The Kier molecular flexibility index (Phi) is 3.30. The van der Waals surface area contributed by atoms with Crippen molar-refractivity contribution in [2.75, 3.05) is 12.4 Å². The summed E-state index contributed by atoms with van der Waals surface area (Å²) in [4.78, 5) is 16.7. The van der Waals surface area contributed by atoms with Crippen LogP contribution in [0.15, 0.2) is 30.3 Å². The van der Waals surface area contributed by atoms with Crippen LogP contribution in [0.1, 0.15) is 30.3 Å². The van der Waals surface area contributed by atoms with Crippen molar-refractivity contribution in [3.63, 3.8) is 0 Å². The number of carbonyl (C=O) groups is 1. The van der Waals surface area contributed by atoms with Gasteiger partial charge in [-0.15, -0.1) is 0 Å². The lowest BCUT2D eigenvalue weighted by molar-refractivity contribution is 0.0944. The van der Waals surface area contributed by atoms with Crippen LogP contribution in [-0.4, -0.2) is 24.0 Å². The predicted molar refractivity (Wildman–Crippen MR) is 80.9 cm³/mol. The third-order valence-corrected chi connectivity index (χ3v) is 3.98. The van der Waals surface area contributed by atoms with E-state index in [-0.39, 0.29) is 5.91 Å². The molecule has 1 fully saturated rings. The molecule has 2 N–H and O–H groups in total. The first-order valence-corrected chi connectivity index (χ1v) is 7.11. The van der Waals surface area contributed by atoms with Crippen LogP contribution in [0.3, 0.4) is 0 Å². The van der Waals surface area contributed by atoms with Crippen LogP contribution >= 0.6 is 0 Å². The Balaban J connectivity index is 1.89. The lowest BCUT2D eigenvalue weighted by Gasteiger charge is -2.09. The molecule has 1 aliphatic carbocycles. The molecular weight excluding hydrogens is 250 g/mol. The average molecular weight is 269 g/mol. The first-order chi connectivity index (χ1) is 9.72. The number of aromatic nitrogens is 1. The third kappa shape index (κ3) is 2.33. The van der Waals surface area contributed by atoms with Crippen LogP contribution in [0.25, 0.3) is 10.9 Å². The van der Waals surface area contributed by atoms with E-state index in [2.05, 4.69) is 22.5 Å². The summed E-state index contributed by atoms with van der Waals surface area (Å²) in [6, 6.07) is 9.99. The zero-order valence-electron chi connectivity index (χ0n) is 11.8. The van der Waals surface area contributed by atoms with Crippen LogP contribution < -0.4 is 10.6 Å². The van der Waals surface area contributed by atoms with Gasteiger partial charge in [0.25, 0.3) is 5.91 Å². The van der Waals surface area contributed by atoms with Gasteiger partial charge in [-0.1, -0.05) is 31.5 Å². The lowest BCUT2D eigenvalue weighted by Crippen LogP contribution is -2.27. The molecule has 20 heavy (non-hydrogen) atoms. The summed E-state index contributed by atoms with van der Waals surface area (Å²) < 4.78 is 0. The van der Waals surface area contributed by atoms with Crippen molar-refractivity contribution < 1.29 is 4.79 Å². The monoisotopic (exact) mass is 269 g/mol. The zero-order valence-corrected chi connectivity index (χ0v) is 11.8. The summed E-state index contributed by atoms with van der Waals surface area (Å²) >= 11 is 0. The van der Waals surface area contributed by atoms with Gasteiger partial charge in [0.1, 0.15) is 5.69 Å². The molecule has 4 heteroatoms. The van der Waals surface area contributed by atoms with Gasteiger partial charge in [-0.2, -0.15) is 0 Å². The van der Waals surface area contributed by atoms with Gasteiger partial charge in [0.2, 0.25) is 0 Å². The number of hydrogen-bond acceptors (Lipinski definition) is 3. The molecular formula is C16H19N3O. The van der Waals surface area contributed by atoms with E-state index in [1.54, 1.807) is 0 Å². The van der Waals surface area contributed by atoms with E-state index in [0.717, 1.165) is 29.4 Å². The first kappa shape index (κ1) is 12.9. The molecule has 0 radical (unpaired) electrons. The van der Waals surface area contributed by atoms with Crippen molar-refractivity contribution in [1.29, 1.82) is 0 Å². The molecule has 104 valence electrons. The Labute approximate surface area is 118 Å². The van der Waals surface area contributed by atoms with Gasteiger partial charge in [-0.25, -0.2) is 4.98 Å². The molecule has 1 aromatic carbocycles. The van der Waals surface area contributed by atoms with Gasteiger partial charge >= 0.3 is 0 Å². The highest BCUT2D eigenvalue weighted by atomic mass is 16.2. The third-order valence-electron chi connectivity index (χ3n) is 3.98. The second kappa shape index (κ2) is 5.12. The summed E-state index contributed by atoms with van der Waals surface area (Å²) in [6.45, 7) is 2.16. The highest BCUT2D eigenvalue weighted by molar-refractivity contribution is 5.99. The molecule has 0 bridgehead atoms. The van der Waals surface area contributed by atoms with Crippen molar-refractivity contribution in [2.24, 2.45) is 5.92 Å². The quantitative estimate of drug-likeness (QED) is 0.897. The number of anilines is 1. The van der Waals surface area contributed by atoms with Gasteiger partial charge in [0, 0.05) is 24.2 Å². The number of hydrogen-bond donors (Lipinski definition) is 2. The fraction of sp³-hybridized carbons (Fsp3) is 0.375. The largest absolute Gasteiger partial charge is 0.388 e. The fourth-order valence-electron chi connectivity index (χ4n) is 2.62. The molecule has 1 aromatic heterocycles. The number of para-hydroxylation sites is 1. The van der Waals surface area contributed by atoms with E-state index in [1.807, 2.05) is 37.4 Å². The van der Waals surface area contributed by atoms with E-state index in [9.17, 15) is 4.79 Å². The maximum atomic E-state index is 12.3. The minimum atomic E-state index is -0.0757. The van der Waals surface area contributed by atoms with Crippen molar-refractivity contribution in [3.8, 4) is 0 Å². The van der Waals surface area contributed by atoms with Gasteiger partial charge in [0.15, 0.2) is 0 Å². The second-order valence-corrected chi connectivity index (χ2v) is 5.31. The topological polar surface area (TPSA) is 54.0 Å². The number of benzene rings is 1. The Bertz CT molecular complexity index is 653. The summed E-state index contributed by atoms with van der Waals surface area (Å²) in [6.07, 6.45) is 2.21. The van der Waals surface area contributed by atoms with Crippen LogP contribution in [0.5, 0.6) is 0 Å². The molecule has 2 atom stereocenters. The smallest absolute Gasteiger partial charge is 0.270 e.